The van der Waals surface area contributed by atoms with Crippen LogP contribution in [-0.4, -0.2) is 53.6 Å². The van der Waals surface area contributed by atoms with Gasteiger partial charge < -0.3 is 14.5 Å². The number of hydrogen-bond acceptors (Lipinski definition) is 6. The van der Waals surface area contributed by atoms with Crippen molar-refractivity contribution >= 4 is 33.3 Å². The lowest BCUT2D eigenvalue weighted by molar-refractivity contribution is -0.136. The molecule has 1 saturated heterocycles. The van der Waals surface area contributed by atoms with Crippen LogP contribution in [0.2, 0.25) is 0 Å². The van der Waals surface area contributed by atoms with Crippen LogP contribution in [0, 0.1) is 5.92 Å². The Bertz CT molecular complexity index is 1150. The van der Waals surface area contributed by atoms with Gasteiger partial charge in [-0.25, -0.2) is 9.97 Å². The van der Waals surface area contributed by atoms with E-state index >= 15 is 0 Å². The average Bonchev–Trinajstić information content (AvgIpc) is 3.21. The van der Waals surface area contributed by atoms with E-state index in [9.17, 15) is 4.79 Å². The van der Waals surface area contributed by atoms with Gasteiger partial charge in [-0.1, -0.05) is 51.1 Å². The maximum Gasteiger partial charge on any atom is 0.248 e. The molecule has 7 heteroatoms. The summed E-state index contributed by atoms with van der Waals surface area (Å²) in [5, 5.41) is 1.27. The molecule has 0 saturated carbocycles. The number of amides is 1. The molecular formula is C27H34N4O2S. The Hall–Kier alpha value is -2.51. The molecule has 34 heavy (non-hydrogen) atoms. The number of carbonyl (C=O) groups is 1. The molecule has 1 unspecified atom stereocenters. The minimum Gasteiger partial charge on any atom is -0.367 e. The van der Waals surface area contributed by atoms with Gasteiger partial charge in [0.2, 0.25) is 5.91 Å². The summed E-state index contributed by atoms with van der Waals surface area (Å²) in [6.07, 6.45) is 3.50. The molecule has 180 valence electrons. The van der Waals surface area contributed by atoms with Gasteiger partial charge >= 0.3 is 0 Å². The SMILES string of the molecule is CC1CCc2c(sc3nc(C(C)C)nc(N4CCN(C(=O)COCc5ccccc5)CC4)c23)C1. The largest absolute Gasteiger partial charge is 0.367 e. The Morgan fingerprint density at radius 1 is 1.15 bits per heavy atom. The molecule has 0 spiro atoms. The molecule has 5 rings (SSSR count). The molecule has 1 amide bonds. The Labute approximate surface area is 206 Å². The predicted molar refractivity (Wildman–Crippen MR) is 138 cm³/mol. The van der Waals surface area contributed by atoms with Gasteiger partial charge in [0.1, 0.15) is 23.1 Å². The number of fused-ring (bicyclic) bond motifs is 3. The number of nitrogens with zero attached hydrogens (tertiary/aromatic N) is 4. The second-order valence-corrected chi connectivity index (χ2v) is 11.0. The van der Waals surface area contributed by atoms with E-state index in [4.69, 9.17) is 14.7 Å². The standard InChI is InChI=1S/C27H34N4O2S/c1-18(2)25-28-26(24-21-10-9-19(3)15-22(21)34-27(24)29-25)31-13-11-30(12-14-31)23(32)17-33-16-20-7-5-4-6-8-20/h4-8,18-19H,9-17H2,1-3H3. The van der Waals surface area contributed by atoms with E-state index in [1.165, 1.54) is 22.2 Å². The van der Waals surface area contributed by atoms with E-state index < -0.39 is 0 Å². The van der Waals surface area contributed by atoms with Crippen molar-refractivity contribution in [3.8, 4) is 0 Å². The summed E-state index contributed by atoms with van der Waals surface area (Å²) >= 11 is 1.87. The molecule has 1 aliphatic carbocycles. The second kappa shape index (κ2) is 10.0. The number of thiophene rings is 1. The van der Waals surface area contributed by atoms with Crippen LogP contribution >= 0.6 is 11.3 Å². The Morgan fingerprint density at radius 3 is 2.65 bits per heavy atom. The second-order valence-electron chi connectivity index (χ2n) is 9.94. The molecular weight excluding hydrogens is 444 g/mol. The smallest absolute Gasteiger partial charge is 0.248 e. The lowest BCUT2D eigenvalue weighted by Crippen LogP contribution is -2.50. The fourth-order valence-electron chi connectivity index (χ4n) is 4.92. The van der Waals surface area contributed by atoms with Crippen LogP contribution in [0.4, 0.5) is 5.82 Å². The van der Waals surface area contributed by atoms with Gasteiger partial charge in [-0.15, -0.1) is 11.3 Å². The highest BCUT2D eigenvalue weighted by Crippen LogP contribution is 2.41. The number of hydrogen-bond donors (Lipinski definition) is 0. The summed E-state index contributed by atoms with van der Waals surface area (Å²) < 4.78 is 5.68. The highest BCUT2D eigenvalue weighted by atomic mass is 32.1. The van der Waals surface area contributed by atoms with Gasteiger partial charge in [-0.2, -0.15) is 0 Å². The first-order chi connectivity index (χ1) is 16.5. The quantitative estimate of drug-likeness (QED) is 0.509. The van der Waals surface area contributed by atoms with Gasteiger partial charge in [0.05, 0.1) is 12.0 Å². The van der Waals surface area contributed by atoms with Crippen molar-refractivity contribution in [1.29, 1.82) is 0 Å². The van der Waals surface area contributed by atoms with Gasteiger partial charge in [0.25, 0.3) is 0 Å². The van der Waals surface area contributed by atoms with Crippen LogP contribution < -0.4 is 4.90 Å². The topological polar surface area (TPSA) is 58.6 Å². The van der Waals surface area contributed by atoms with Crippen LogP contribution in [0.5, 0.6) is 0 Å². The number of rotatable bonds is 6. The van der Waals surface area contributed by atoms with Crippen LogP contribution in [0.1, 0.15) is 54.9 Å². The molecule has 2 aromatic heterocycles. The fraction of sp³-hybridized carbons (Fsp3) is 0.519. The molecule has 0 N–H and O–H groups in total. The number of benzene rings is 1. The number of carbonyl (C=O) groups excluding carboxylic acids is 1. The number of aryl methyl sites for hydroxylation is 1. The maximum atomic E-state index is 12.7. The fourth-order valence-corrected chi connectivity index (χ4v) is 6.30. The van der Waals surface area contributed by atoms with Crippen molar-refractivity contribution in [3.63, 3.8) is 0 Å². The number of aromatic nitrogens is 2. The lowest BCUT2D eigenvalue weighted by Gasteiger charge is -2.36. The minimum atomic E-state index is 0.0631. The summed E-state index contributed by atoms with van der Waals surface area (Å²) in [4.78, 5) is 29.7. The molecule has 1 atom stereocenters. The van der Waals surface area contributed by atoms with E-state index in [-0.39, 0.29) is 18.4 Å². The van der Waals surface area contributed by atoms with E-state index in [0.717, 1.165) is 53.9 Å². The van der Waals surface area contributed by atoms with Gasteiger partial charge in [0, 0.05) is 37.0 Å². The van der Waals surface area contributed by atoms with Gasteiger partial charge in [-0.05, 0) is 36.3 Å². The average molecular weight is 479 g/mol. The van der Waals surface area contributed by atoms with Crippen LogP contribution in [0.25, 0.3) is 10.2 Å². The van der Waals surface area contributed by atoms with Crippen LogP contribution in [0.15, 0.2) is 30.3 Å². The van der Waals surface area contributed by atoms with Crippen molar-refractivity contribution in [1.82, 2.24) is 14.9 Å². The van der Waals surface area contributed by atoms with Crippen molar-refractivity contribution in [2.75, 3.05) is 37.7 Å². The zero-order valence-electron chi connectivity index (χ0n) is 20.4. The minimum absolute atomic E-state index is 0.0631. The van der Waals surface area contributed by atoms with E-state index in [1.807, 2.05) is 46.6 Å². The first-order valence-electron chi connectivity index (χ1n) is 12.5. The zero-order valence-corrected chi connectivity index (χ0v) is 21.2. The third-order valence-electron chi connectivity index (χ3n) is 6.94. The summed E-state index contributed by atoms with van der Waals surface area (Å²) in [6, 6.07) is 9.98. The van der Waals surface area contributed by atoms with Crippen molar-refractivity contribution in [2.45, 2.75) is 52.6 Å². The number of anilines is 1. The molecule has 1 aromatic carbocycles. The zero-order chi connectivity index (χ0) is 23.7. The first-order valence-corrected chi connectivity index (χ1v) is 13.3. The Morgan fingerprint density at radius 2 is 1.91 bits per heavy atom. The van der Waals surface area contributed by atoms with Crippen molar-refractivity contribution in [3.05, 3.63) is 52.2 Å². The van der Waals surface area contributed by atoms with Gasteiger partial charge in [-0.3, -0.25) is 4.79 Å². The van der Waals surface area contributed by atoms with E-state index in [2.05, 4.69) is 25.7 Å². The summed E-state index contributed by atoms with van der Waals surface area (Å²) in [7, 11) is 0. The molecule has 3 aromatic rings. The molecule has 1 fully saturated rings. The molecule has 3 heterocycles. The maximum absolute atomic E-state index is 12.7. The first kappa shape index (κ1) is 23.2. The molecule has 0 radical (unpaired) electrons. The Balaban J connectivity index is 1.29. The number of ether oxygens (including phenoxy) is 1. The summed E-state index contributed by atoms with van der Waals surface area (Å²) in [5.74, 6) is 3.08. The number of piperazine rings is 1. The van der Waals surface area contributed by atoms with Crippen LogP contribution in [-0.2, 0) is 29.0 Å². The van der Waals surface area contributed by atoms with Crippen molar-refractivity contribution in [2.24, 2.45) is 5.92 Å². The third-order valence-corrected chi connectivity index (χ3v) is 8.09. The normalized spacial score (nSPS) is 18.5. The van der Waals surface area contributed by atoms with E-state index in [1.54, 1.807) is 0 Å². The highest BCUT2D eigenvalue weighted by Gasteiger charge is 2.29. The van der Waals surface area contributed by atoms with Crippen molar-refractivity contribution < 1.29 is 9.53 Å². The Kier molecular flexibility index (Phi) is 6.84. The summed E-state index contributed by atoms with van der Waals surface area (Å²) in [5.41, 5.74) is 2.55. The molecule has 1 aliphatic heterocycles. The highest BCUT2D eigenvalue weighted by molar-refractivity contribution is 7.19. The molecule has 2 aliphatic rings. The lowest BCUT2D eigenvalue weighted by atomic mass is 9.89. The monoisotopic (exact) mass is 478 g/mol. The molecule has 0 bridgehead atoms. The third kappa shape index (κ3) is 4.82. The van der Waals surface area contributed by atoms with Gasteiger partial charge in [0.15, 0.2) is 0 Å². The summed E-state index contributed by atoms with van der Waals surface area (Å²) in [6.45, 7) is 10.2. The van der Waals surface area contributed by atoms with E-state index in [0.29, 0.717) is 19.7 Å². The predicted octanol–water partition coefficient (Wildman–Crippen LogP) is 4.80. The molecule has 6 nitrogen and oxygen atoms in total. The van der Waals surface area contributed by atoms with Crippen LogP contribution in [0.3, 0.4) is 0 Å².